The second kappa shape index (κ2) is 11.8. The average Bonchev–Trinajstić information content (AvgIpc) is 2.91. The van der Waals surface area contributed by atoms with Crippen LogP contribution in [-0.4, -0.2) is 36.9 Å². The zero-order valence-electron chi connectivity index (χ0n) is 19.7. The molecule has 4 aromatic rings. The zero-order valence-corrected chi connectivity index (χ0v) is 19.7. The van der Waals surface area contributed by atoms with Gasteiger partial charge >= 0.3 is 0 Å². The van der Waals surface area contributed by atoms with Gasteiger partial charge in [0.15, 0.2) is 0 Å². The fourth-order valence-corrected chi connectivity index (χ4v) is 3.93. The summed E-state index contributed by atoms with van der Waals surface area (Å²) >= 11 is 0. The van der Waals surface area contributed by atoms with Crippen LogP contribution in [0.5, 0.6) is 0 Å². The van der Waals surface area contributed by atoms with Crippen molar-refractivity contribution in [3.8, 4) is 0 Å². The fourth-order valence-electron chi connectivity index (χ4n) is 3.93. The van der Waals surface area contributed by atoms with E-state index in [-0.39, 0.29) is 17.4 Å². The van der Waals surface area contributed by atoms with E-state index >= 15 is 0 Å². The van der Waals surface area contributed by atoms with Crippen LogP contribution in [0, 0.1) is 0 Å². The second-order valence-corrected chi connectivity index (χ2v) is 8.36. The number of rotatable bonds is 9. The van der Waals surface area contributed by atoms with Gasteiger partial charge in [-0.1, -0.05) is 72.8 Å². The Morgan fingerprint density at radius 2 is 1.44 bits per heavy atom. The van der Waals surface area contributed by atoms with Gasteiger partial charge in [-0.2, -0.15) is 0 Å². The Labute approximate surface area is 209 Å². The second-order valence-electron chi connectivity index (χ2n) is 8.36. The molecule has 0 saturated carbocycles. The standard InChI is InChI=1S/C29H28N4O3/c30-16-17-31-29(36)26(18-20-8-2-1-3-9-20)33-28(35)24-12-6-7-13-25(24)32-27(34)23-15-14-21-10-4-5-11-22(21)19-23/h1-15,19,26H,16-18,30H2,(H,31,36)(H,32,34)(H,33,35)/t26-/m0/s1. The summed E-state index contributed by atoms with van der Waals surface area (Å²) in [5.74, 6) is -1.12. The molecule has 0 bridgehead atoms. The van der Waals surface area contributed by atoms with Crippen LogP contribution in [0.4, 0.5) is 5.69 Å². The summed E-state index contributed by atoms with van der Waals surface area (Å²) in [6.07, 6.45) is 0.314. The molecular weight excluding hydrogens is 452 g/mol. The number of fused-ring (bicyclic) bond motifs is 1. The summed E-state index contributed by atoms with van der Waals surface area (Å²) < 4.78 is 0. The van der Waals surface area contributed by atoms with Crippen molar-refractivity contribution in [1.29, 1.82) is 0 Å². The topological polar surface area (TPSA) is 113 Å². The number of carbonyl (C=O) groups excluding carboxylic acids is 3. The van der Waals surface area contributed by atoms with Gasteiger partial charge in [-0.05, 0) is 40.6 Å². The summed E-state index contributed by atoms with van der Waals surface area (Å²) in [4.78, 5) is 39.1. The molecule has 4 aromatic carbocycles. The van der Waals surface area contributed by atoms with Gasteiger partial charge in [0.25, 0.3) is 11.8 Å². The number of carbonyl (C=O) groups is 3. The van der Waals surface area contributed by atoms with E-state index in [9.17, 15) is 14.4 Å². The largest absolute Gasteiger partial charge is 0.353 e. The minimum Gasteiger partial charge on any atom is -0.353 e. The number of benzene rings is 4. The van der Waals surface area contributed by atoms with Crippen molar-refractivity contribution >= 4 is 34.2 Å². The number of hydrogen-bond donors (Lipinski definition) is 4. The number of para-hydroxylation sites is 1. The van der Waals surface area contributed by atoms with E-state index in [0.717, 1.165) is 16.3 Å². The molecule has 3 amide bonds. The van der Waals surface area contributed by atoms with Gasteiger partial charge in [0.05, 0.1) is 11.3 Å². The Morgan fingerprint density at radius 1 is 0.750 bits per heavy atom. The van der Waals surface area contributed by atoms with Crippen molar-refractivity contribution < 1.29 is 14.4 Å². The SMILES string of the molecule is NCCNC(=O)[C@H](Cc1ccccc1)NC(=O)c1ccccc1NC(=O)c1ccc2ccccc2c1. The van der Waals surface area contributed by atoms with Crippen LogP contribution in [0.2, 0.25) is 0 Å². The molecule has 5 N–H and O–H groups in total. The fraction of sp³-hybridized carbons (Fsp3) is 0.138. The molecule has 0 spiro atoms. The van der Waals surface area contributed by atoms with Crippen LogP contribution in [-0.2, 0) is 11.2 Å². The Balaban J connectivity index is 1.53. The maximum atomic E-state index is 13.3. The molecule has 0 aliphatic heterocycles. The van der Waals surface area contributed by atoms with Crippen LogP contribution in [0.15, 0.2) is 97.1 Å². The van der Waals surface area contributed by atoms with E-state index in [1.807, 2.05) is 66.7 Å². The molecule has 0 saturated heterocycles. The molecule has 4 rings (SSSR count). The summed E-state index contributed by atoms with van der Waals surface area (Å²) in [7, 11) is 0. The minimum atomic E-state index is -0.810. The predicted molar refractivity (Wildman–Crippen MR) is 142 cm³/mol. The van der Waals surface area contributed by atoms with Crippen LogP contribution < -0.4 is 21.7 Å². The molecule has 7 heteroatoms. The number of anilines is 1. The highest BCUT2D eigenvalue weighted by atomic mass is 16.2. The Kier molecular flexibility index (Phi) is 8.05. The van der Waals surface area contributed by atoms with Gasteiger partial charge in [-0.3, -0.25) is 14.4 Å². The molecular formula is C29H28N4O3. The molecule has 0 radical (unpaired) electrons. The van der Waals surface area contributed by atoms with E-state index in [1.54, 1.807) is 30.3 Å². The van der Waals surface area contributed by atoms with Crippen LogP contribution in [0.25, 0.3) is 10.8 Å². The van der Waals surface area contributed by atoms with Crippen molar-refractivity contribution in [2.75, 3.05) is 18.4 Å². The molecule has 0 fully saturated rings. The first-order valence-electron chi connectivity index (χ1n) is 11.8. The summed E-state index contributed by atoms with van der Waals surface area (Å²) in [5.41, 5.74) is 7.53. The van der Waals surface area contributed by atoms with Crippen molar-refractivity contribution in [3.05, 3.63) is 114 Å². The summed E-state index contributed by atoms with van der Waals surface area (Å²) in [6.45, 7) is 0.597. The third-order valence-electron chi connectivity index (χ3n) is 5.78. The Bertz CT molecular complexity index is 1370. The lowest BCUT2D eigenvalue weighted by Gasteiger charge is -2.20. The normalized spacial score (nSPS) is 11.5. The van der Waals surface area contributed by atoms with Gasteiger partial charge in [0.1, 0.15) is 6.04 Å². The molecule has 0 aliphatic rings. The van der Waals surface area contributed by atoms with Gasteiger partial charge in [0.2, 0.25) is 5.91 Å². The van der Waals surface area contributed by atoms with Crippen molar-refractivity contribution in [2.24, 2.45) is 5.73 Å². The summed E-state index contributed by atoms with van der Waals surface area (Å²) in [6, 6.07) is 28.6. The van der Waals surface area contributed by atoms with Crippen LogP contribution in [0.1, 0.15) is 26.3 Å². The zero-order chi connectivity index (χ0) is 25.3. The van der Waals surface area contributed by atoms with Gasteiger partial charge in [0, 0.05) is 25.1 Å². The van der Waals surface area contributed by atoms with Gasteiger partial charge < -0.3 is 21.7 Å². The van der Waals surface area contributed by atoms with Crippen LogP contribution >= 0.6 is 0 Å². The number of nitrogens with one attached hydrogen (secondary N) is 3. The molecule has 7 nitrogen and oxygen atoms in total. The first-order valence-corrected chi connectivity index (χ1v) is 11.8. The minimum absolute atomic E-state index is 0.260. The van der Waals surface area contributed by atoms with Gasteiger partial charge in [-0.15, -0.1) is 0 Å². The molecule has 0 aromatic heterocycles. The predicted octanol–water partition coefficient (Wildman–Crippen LogP) is 3.51. The molecule has 182 valence electrons. The van der Waals surface area contributed by atoms with E-state index in [1.165, 1.54) is 0 Å². The highest BCUT2D eigenvalue weighted by molar-refractivity contribution is 6.10. The Hall–Kier alpha value is -4.49. The third-order valence-corrected chi connectivity index (χ3v) is 5.78. The van der Waals surface area contributed by atoms with Crippen molar-refractivity contribution in [1.82, 2.24) is 10.6 Å². The lowest BCUT2D eigenvalue weighted by atomic mass is 10.0. The highest BCUT2D eigenvalue weighted by Gasteiger charge is 2.23. The smallest absolute Gasteiger partial charge is 0.255 e. The molecule has 0 heterocycles. The average molecular weight is 481 g/mol. The number of amides is 3. The summed E-state index contributed by atoms with van der Waals surface area (Å²) in [5, 5.41) is 10.4. The molecule has 0 aliphatic carbocycles. The highest BCUT2D eigenvalue weighted by Crippen LogP contribution is 2.20. The Morgan fingerprint density at radius 3 is 2.22 bits per heavy atom. The first kappa shape index (κ1) is 24.6. The van der Waals surface area contributed by atoms with E-state index in [2.05, 4.69) is 16.0 Å². The van der Waals surface area contributed by atoms with Gasteiger partial charge in [-0.25, -0.2) is 0 Å². The van der Waals surface area contributed by atoms with Crippen molar-refractivity contribution in [3.63, 3.8) is 0 Å². The van der Waals surface area contributed by atoms with Crippen LogP contribution in [0.3, 0.4) is 0 Å². The van der Waals surface area contributed by atoms with Crippen molar-refractivity contribution in [2.45, 2.75) is 12.5 Å². The van der Waals surface area contributed by atoms with E-state index in [0.29, 0.717) is 30.8 Å². The van der Waals surface area contributed by atoms with E-state index in [4.69, 9.17) is 5.73 Å². The number of nitrogens with two attached hydrogens (primary N) is 1. The maximum Gasteiger partial charge on any atom is 0.255 e. The van der Waals surface area contributed by atoms with E-state index < -0.39 is 11.9 Å². The quantitative estimate of drug-likeness (QED) is 0.294. The lowest BCUT2D eigenvalue weighted by Crippen LogP contribution is -2.49. The third kappa shape index (κ3) is 6.14. The number of hydrogen-bond acceptors (Lipinski definition) is 4. The first-order chi connectivity index (χ1) is 17.5. The molecule has 36 heavy (non-hydrogen) atoms. The lowest BCUT2D eigenvalue weighted by molar-refractivity contribution is -0.122. The molecule has 0 unspecified atom stereocenters. The molecule has 1 atom stereocenters. The monoisotopic (exact) mass is 480 g/mol. The maximum absolute atomic E-state index is 13.3.